The van der Waals surface area contributed by atoms with Crippen molar-refractivity contribution >= 4 is 80.2 Å². The minimum atomic E-state index is -0.572. The molecule has 3 heteroatoms. The summed E-state index contributed by atoms with van der Waals surface area (Å²) in [6.07, 6.45) is 8.21. The molecule has 10 rings (SSSR count). The van der Waals surface area contributed by atoms with Gasteiger partial charge in [-0.25, -0.2) is 8.78 Å². The van der Waals surface area contributed by atoms with Gasteiger partial charge >= 0.3 is 0 Å². The van der Waals surface area contributed by atoms with E-state index in [0.717, 1.165) is 38.2 Å². The molecule has 10 aromatic rings. The van der Waals surface area contributed by atoms with Gasteiger partial charge in [-0.1, -0.05) is 158 Å². The Balaban J connectivity index is 1.25. The molecule has 1 heterocycles. The largest absolute Gasteiger partial charge is 0.206 e. The lowest BCUT2D eigenvalue weighted by Crippen LogP contribution is -1.95. The van der Waals surface area contributed by atoms with Gasteiger partial charge in [0, 0.05) is 25.7 Å². The van der Waals surface area contributed by atoms with Gasteiger partial charge in [0.2, 0.25) is 0 Å². The Bertz CT molecular complexity index is 3170. The van der Waals surface area contributed by atoms with Crippen LogP contribution in [0.3, 0.4) is 0 Å². The van der Waals surface area contributed by atoms with Crippen molar-refractivity contribution in [1.82, 2.24) is 0 Å². The summed E-state index contributed by atoms with van der Waals surface area (Å²) in [7, 11) is 0. The maximum atomic E-state index is 15.5. The molecule has 0 aliphatic heterocycles. The van der Waals surface area contributed by atoms with E-state index in [1.54, 1.807) is 11.3 Å². The summed E-state index contributed by atoms with van der Waals surface area (Å²) in [5.74, 6) is -1.14. The van der Waals surface area contributed by atoms with Gasteiger partial charge in [0.25, 0.3) is 0 Å². The molecule has 0 N–H and O–H groups in total. The number of thiophene rings is 1. The molecule has 1 aromatic heterocycles. The van der Waals surface area contributed by atoms with Crippen molar-refractivity contribution in [3.63, 3.8) is 0 Å². The molecule has 0 saturated heterocycles. The molecule has 0 nitrogen and oxygen atoms in total. The highest BCUT2D eigenvalue weighted by atomic mass is 32.1. The van der Waals surface area contributed by atoms with Crippen LogP contribution in [0.1, 0.15) is 12.5 Å². The molecular formula is C53H34F2S. The lowest BCUT2D eigenvalue weighted by atomic mass is 9.84. The molecule has 0 aliphatic rings. The first-order valence-electron chi connectivity index (χ1n) is 18.8. The van der Waals surface area contributed by atoms with Crippen molar-refractivity contribution in [3.05, 3.63) is 200 Å². The summed E-state index contributed by atoms with van der Waals surface area (Å²) in [5, 5.41) is 10.8. The second kappa shape index (κ2) is 13.6. The summed E-state index contributed by atoms with van der Waals surface area (Å²) < 4.78 is 33.4. The second-order valence-electron chi connectivity index (χ2n) is 14.1. The van der Waals surface area contributed by atoms with Crippen LogP contribution < -0.4 is 0 Å². The van der Waals surface area contributed by atoms with Crippen molar-refractivity contribution in [1.29, 1.82) is 0 Å². The minimum Gasteiger partial charge on any atom is -0.206 e. The minimum absolute atomic E-state index is 0.00166. The maximum absolute atomic E-state index is 15.5. The van der Waals surface area contributed by atoms with Gasteiger partial charge in [-0.2, -0.15) is 0 Å². The monoisotopic (exact) mass is 740 g/mol. The molecule has 0 saturated carbocycles. The average Bonchev–Trinajstić information content (AvgIpc) is 3.61. The predicted octanol–water partition coefficient (Wildman–Crippen LogP) is 16.1. The Morgan fingerprint density at radius 2 is 1.02 bits per heavy atom. The fourth-order valence-electron chi connectivity index (χ4n) is 8.89. The molecule has 0 aliphatic carbocycles. The molecule has 56 heavy (non-hydrogen) atoms. The van der Waals surface area contributed by atoms with E-state index >= 15 is 8.78 Å². The Labute approximate surface area is 327 Å². The molecule has 0 amide bonds. The van der Waals surface area contributed by atoms with Gasteiger partial charge in [0.1, 0.15) is 11.6 Å². The van der Waals surface area contributed by atoms with Crippen molar-refractivity contribution in [2.45, 2.75) is 6.92 Å². The smallest absolute Gasteiger partial charge is 0.134 e. The predicted molar refractivity (Wildman–Crippen MR) is 239 cm³/mol. The van der Waals surface area contributed by atoms with Crippen LogP contribution in [0.5, 0.6) is 0 Å². The highest BCUT2D eigenvalue weighted by molar-refractivity contribution is 7.26. The van der Waals surface area contributed by atoms with E-state index in [0.29, 0.717) is 5.56 Å². The normalized spacial score (nSPS) is 12.3. The zero-order valence-electron chi connectivity index (χ0n) is 30.6. The fraction of sp³-hybridized carbons (Fsp3) is 0.0189. The lowest BCUT2D eigenvalue weighted by Gasteiger charge is -2.19. The molecule has 0 bridgehead atoms. The van der Waals surface area contributed by atoms with E-state index in [2.05, 4.69) is 129 Å². The van der Waals surface area contributed by atoms with Crippen LogP contribution in [0, 0.1) is 11.6 Å². The average molecular weight is 741 g/mol. The van der Waals surface area contributed by atoms with Crippen LogP contribution in [-0.4, -0.2) is 0 Å². The number of fused-ring (bicyclic) bond motifs is 7. The van der Waals surface area contributed by atoms with E-state index in [-0.39, 0.29) is 5.56 Å². The zero-order valence-corrected chi connectivity index (χ0v) is 31.4. The maximum Gasteiger partial charge on any atom is 0.134 e. The third-order valence-corrected chi connectivity index (χ3v) is 12.2. The third-order valence-electron chi connectivity index (χ3n) is 11.1. The fourth-order valence-corrected chi connectivity index (χ4v) is 10.1. The van der Waals surface area contributed by atoms with Gasteiger partial charge in [-0.3, -0.25) is 0 Å². The number of rotatable bonds is 6. The SMILES string of the molecule is C=C/C=C(\C=C/C)c1c2ccccc2c(-c2cccc3sc4cc(-c5c6ccccc6c(-c6c(F)cccc6F)c6ccccc56)ccc4c23)c2ccccc12. The summed E-state index contributed by atoms with van der Waals surface area (Å²) in [4.78, 5) is 0. The molecule has 9 aromatic carbocycles. The quantitative estimate of drug-likeness (QED) is 0.118. The Hall–Kier alpha value is -6.68. The number of halogens is 2. The molecule has 0 radical (unpaired) electrons. The highest BCUT2D eigenvalue weighted by Gasteiger charge is 2.23. The third kappa shape index (κ3) is 5.16. The number of allylic oxidation sites excluding steroid dienone is 5. The van der Waals surface area contributed by atoms with Crippen LogP contribution >= 0.6 is 11.3 Å². The molecule has 0 spiro atoms. The van der Waals surface area contributed by atoms with Crippen LogP contribution in [0.2, 0.25) is 0 Å². The summed E-state index contributed by atoms with van der Waals surface area (Å²) in [6, 6.07) is 51.0. The summed E-state index contributed by atoms with van der Waals surface area (Å²) >= 11 is 1.80. The Kier molecular flexibility index (Phi) is 8.20. The second-order valence-corrected chi connectivity index (χ2v) is 15.2. The van der Waals surface area contributed by atoms with Crippen LogP contribution in [0.25, 0.3) is 102 Å². The highest BCUT2D eigenvalue weighted by Crippen LogP contribution is 2.49. The van der Waals surface area contributed by atoms with Gasteiger partial charge in [0.05, 0.1) is 5.56 Å². The van der Waals surface area contributed by atoms with Gasteiger partial charge in [0.15, 0.2) is 0 Å². The van der Waals surface area contributed by atoms with E-state index in [1.165, 1.54) is 76.6 Å². The topological polar surface area (TPSA) is 0 Å². The zero-order chi connectivity index (χ0) is 37.9. The van der Waals surface area contributed by atoms with E-state index in [4.69, 9.17) is 0 Å². The van der Waals surface area contributed by atoms with Crippen LogP contribution in [0.15, 0.2) is 183 Å². The number of hydrogen-bond donors (Lipinski definition) is 0. The van der Waals surface area contributed by atoms with E-state index in [1.807, 2.05) is 42.5 Å². The Morgan fingerprint density at radius 3 is 1.57 bits per heavy atom. The summed E-state index contributed by atoms with van der Waals surface area (Å²) in [5.41, 5.74) is 7.44. The van der Waals surface area contributed by atoms with Crippen LogP contribution in [-0.2, 0) is 0 Å². The van der Waals surface area contributed by atoms with E-state index < -0.39 is 11.6 Å². The van der Waals surface area contributed by atoms with Crippen molar-refractivity contribution in [2.75, 3.05) is 0 Å². The van der Waals surface area contributed by atoms with E-state index in [9.17, 15) is 0 Å². The van der Waals surface area contributed by atoms with Crippen molar-refractivity contribution < 1.29 is 8.78 Å². The molecule has 0 fully saturated rings. The summed E-state index contributed by atoms with van der Waals surface area (Å²) in [6.45, 7) is 6.08. The van der Waals surface area contributed by atoms with Crippen molar-refractivity contribution in [3.8, 4) is 33.4 Å². The first-order chi connectivity index (χ1) is 27.6. The van der Waals surface area contributed by atoms with Crippen molar-refractivity contribution in [2.24, 2.45) is 0 Å². The first kappa shape index (κ1) is 33.9. The number of hydrogen-bond acceptors (Lipinski definition) is 1. The number of benzene rings is 9. The van der Waals surface area contributed by atoms with Crippen LogP contribution in [0.4, 0.5) is 8.78 Å². The van der Waals surface area contributed by atoms with Gasteiger partial charge in [-0.05, 0) is 108 Å². The Morgan fingerprint density at radius 1 is 0.500 bits per heavy atom. The van der Waals surface area contributed by atoms with Gasteiger partial charge < -0.3 is 0 Å². The first-order valence-corrected chi connectivity index (χ1v) is 19.6. The molecule has 0 unspecified atom stereocenters. The molecular weight excluding hydrogens is 707 g/mol. The lowest BCUT2D eigenvalue weighted by molar-refractivity contribution is 0.590. The molecule has 0 atom stereocenters. The molecule has 266 valence electrons. The standard InChI is InChI=1S/C53H34F2S/c1-3-15-32(16-4-2)48-34-17-5-9-21-38(34)50(39-22-10-6-18-35(39)48)43-25-13-28-46-51(43)42-30-29-33(31-47(42)56-46)49-36-19-7-11-23-40(36)52(41-24-12-8-20-37(41)49)53-44(54)26-14-27-45(53)55/h3-31H,1H2,2H3/b16-4-,32-15+. The van der Waals surface area contributed by atoms with Gasteiger partial charge in [-0.15, -0.1) is 11.3 Å².